The lowest BCUT2D eigenvalue weighted by molar-refractivity contribution is -0.123. The summed E-state index contributed by atoms with van der Waals surface area (Å²) in [6.07, 6.45) is 4.51. The minimum absolute atomic E-state index is 0.307. The van der Waals surface area contributed by atoms with Crippen molar-refractivity contribution < 1.29 is 23.9 Å². The predicted octanol–water partition coefficient (Wildman–Crippen LogP) is 2.26. The highest BCUT2D eigenvalue weighted by Gasteiger charge is 2.11. The molecule has 2 N–H and O–H groups in total. The molecule has 3 amide bonds. The average molecular weight is 336 g/mol. The Labute approximate surface area is 141 Å². The van der Waals surface area contributed by atoms with Gasteiger partial charge < -0.3 is 14.8 Å². The van der Waals surface area contributed by atoms with Gasteiger partial charge in [-0.3, -0.25) is 10.1 Å². The first kappa shape index (κ1) is 19.5. The van der Waals surface area contributed by atoms with Crippen LogP contribution in [-0.2, 0) is 9.53 Å². The lowest BCUT2D eigenvalue weighted by atomic mass is 10.2. The van der Waals surface area contributed by atoms with Crippen molar-refractivity contribution in [3.05, 3.63) is 29.8 Å². The van der Waals surface area contributed by atoms with E-state index in [1.54, 1.807) is 24.3 Å². The van der Waals surface area contributed by atoms with Gasteiger partial charge in [0.1, 0.15) is 5.75 Å². The molecule has 0 spiro atoms. The number of hydrogen-bond acceptors (Lipinski definition) is 5. The fraction of sp³-hybridized carbons (Fsp3) is 0.471. The summed E-state index contributed by atoms with van der Waals surface area (Å²) in [5.74, 6) is -0.660. The number of carbonyl (C=O) groups excluding carboxylic acids is 3. The molecule has 0 atom stereocenters. The topological polar surface area (TPSA) is 93.7 Å². The molecule has 0 aliphatic heterocycles. The standard InChI is InChI=1S/C17H24N2O5/c1-3-4-5-6-11-23-14-9-7-13(8-10-14)16(21)24-12-15(20)19-17(22)18-2/h7-10H,3-6,11-12H2,1-2H3,(H2,18,19,20,22). The predicted molar refractivity (Wildman–Crippen MR) is 89.0 cm³/mol. The zero-order valence-corrected chi connectivity index (χ0v) is 14.1. The van der Waals surface area contributed by atoms with Gasteiger partial charge in [0.15, 0.2) is 6.61 Å². The maximum absolute atomic E-state index is 11.8. The molecule has 0 heterocycles. The zero-order valence-electron chi connectivity index (χ0n) is 14.1. The van der Waals surface area contributed by atoms with E-state index in [9.17, 15) is 14.4 Å². The monoisotopic (exact) mass is 336 g/mol. The van der Waals surface area contributed by atoms with Gasteiger partial charge in [-0.05, 0) is 30.7 Å². The molecule has 1 aromatic carbocycles. The maximum Gasteiger partial charge on any atom is 0.338 e. The Morgan fingerprint density at radius 2 is 1.75 bits per heavy atom. The largest absolute Gasteiger partial charge is 0.494 e. The van der Waals surface area contributed by atoms with Crippen LogP contribution in [0.1, 0.15) is 43.0 Å². The van der Waals surface area contributed by atoms with Crippen molar-refractivity contribution in [1.82, 2.24) is 10.6 Å². The maximum atomic E-state index is 11.8. The minimum Gasteiger partial charge on any atom is -0.494 e. The van der Waals surface area contributed by atoms with Gasteiger partial charge in [0.25, 0.3) is 5.91 Å². The third-order valence-corrected chi connectivity index (χ3v) is 3.17. The van der Waals surface area contributed by atoms with Crippen LogP contribution in [0.5, 0.6) is 5.75 Å². The first-order valence-corrected chi connectivity index (χ1v) is 7.98. The number of amides is 3. The second-order valence-corrected chi connectivity index (χ2v) is 5.14. The fourth-order valence-electron chi connectivity index (χ4n) is 1.85. The number of imide groups is 1. The number of esters is 1. The van der Waals surface area contributed by atoms with E-state index in [4.69, 9.17) is 9.47 Å². The van der Waals surface area contributed by atoms with Crippen LogP contribution in [0.2, 0.25) is 0 Å². The highest BCUT2D eigenvalue weighted by atomic mass is 16.5. The molecule has 0 fully saturated rings. The van der Waals surface area contributed by atoms with Gasteiger partial charge in [0.2, 0.25) is 0 Å². The normalized spacial score (nSPS) is 9.92. The highest BCUT2D eigenvalue weighted by molar-refractivity contribution is 5.96. The summed E-state index contributed by atoms with van der Waals surface area (Å²) >= 11 is 0. The second-order valence-electron chi connectivity index (χ2n) is 5.14. The molecule has 132 valence electrons. The fourth-order valence-corrected chi connectivity index (χ4v) is 1.85. The Morgan fingerprint density at radius 1 is 1.04 bits per heavy atom. The second kappa shape index (κ2) is 11.0. The van der Waals surface area contributed by atoms with Gasteiger partial charge in [0.05, 0.1) is 12.2 Å². The van der Waals surface area contributed by atoms with Gasteiger partial charge in [-0.1, -0.05) is 26.2 Å². The van der Waals surface area contributed by atoms with Gasteiger partial charge in [0, 0.05) is 7.05 Å². The van der Waals surface area contributed by atoms with Crippen molar-refractivity contribution in [1.29, 1.82) is 0 Å². The van der Waals surface area contributed by atoms with Crippen LogP contribution in [0.15, 0.2) is 24.3 Å². The summed E-state index contributed by atoms with van der Waals surface area (Å²) in [6, 6.07) is 5.85. The van der Waals surface area contributed by atoms with Crippen LogP contribution in [0.25, 0.3) is 0 Å². The van der Waals surface area contributed by atoms with E-state index in [0.29, 0.717) is 17.9 Å². The Hall–Kier alpha value is -2.57. The minimum atomic E-state index is -0.699. The van der Waals surface area contributed by atoms with Crippen LogP contribution in [0.3, 0.4) is 0 Å². The summed E-state index contributed by atoms with van der Waals surface area (Å²) in [5.41, 5.74) is 0.307. The molecule has 0 radical (unpaired) electrons. The smallest absolute Gasteiger partial charge is 0.338 e. The molecule has 0 bridgehead atoms. The van der Waals surface area contributed by atoms with E-state index in [1.165, 1.54) is 19.9 Å². The van der Waals surface area contributed by atoms with Gasteiger partial charge in [-0.15, -0.1) is 0 Å². The number of rotatable bonds is 9. The van der Waals surface area contributed by atoms with E-state index >= 15 is 0 Å². The number of unbranched alkanes of at least 4 members (excludes halogenated alkanes) is 3. The van der Waals surface area contributed by atoms with Crippen molar-refractivity contribution in [2.45, 2.75) is 32.6 Å². The van der Waals surface area contributed by atoms with Crippen LogP contribution in [0, 0.1) is 0 Å². The van der Waals surface area contributed by atoms with Crippen LogP contribution in [0.4, 0.5) is 4.79 Å². The molecule has 0 aromatic heterocycles. The van der Waals surface area contributed by atoms with Crippen LogP contribution < -0.4 is 15.4 Å². The summed E-state index contributed by atoms with van der Waals surface area (Å²) in [4.78, 5) is 34.1. The number of benzene rings is 1. The van der Waals surface area contributed by atoms with Crippen molar-refractivity contribution in [2.75, 3.05) is 20.3 Å². The Kier molecular flexibility index (Phi) is 8.96. The SMILES string of the molecule is CCCCCCOc1ccc(C(=O)OCC(=O)NC(=O)NC)cc1. The molecule has 1 aromatic rings. The molecular formula is C17H24N2O5. The number of ether oxygens (including phenoxy) is 2. The van der Waals surface area contributed by atoms with Crippen LogP contribution >= 0.6 is 0 Å². The Bertz CT molecular complexity index is 542. The van der Waals surface area contributed by atoms with E-state index in [1.807, 2.05) is 5.32 Å². The molecule has 1 rings (SSSR count). The van der Waals surface area contributed by atoms with Gasteiger partial charge >= 0.3 is 12.0 Å². The van der Waals surface area contributed by atoms with Gasteiger partial charge in [-0.25, -0.2) is 9.59 Å². The molecule has 0 saturated carbocycles. The van der Waals surface area contributed by atoms with E-state index in [2.05, 4.69) is 12.2 Å². The number of nitrogens with one attached hydrogen (secondary N) is 2. The van der Waals surface area contributed by atoms with Crippen LogP contribution in [-0.4, -0.2) is 38.2 Å². The zero-order chi connectivity index (χ0) is 17.8. The lowest BCUT2D eigenvalue weighted by Gasteiger charge is -2.08. The van der Waals surface area contributed by atoms with Crippen molar-refractivity contribution >= 4 is 17.9 Å². The molecule has 0 saturated heterocycles. The number of carbonyl (C=O) groups is 3. The number of hydrogen-bond donors (Lipinski definition) is 2. The summed E-state index contributed by atoms with van der Waals surface area (Å²) in [5, 5.41) is 4.22. The summed E-state index contributed by atoms with van der Waals surface area (Å²) in [6.45, 7) is 2.27. The number of urea groups is 1. The molecule has 0 aliphatic rings. The quantitative estimate of drug-likeness (QED) is 0.533. The molecule has 7 heteroatoms. The molecular weight excluding hydrogens is 312 g/mol. The van der Waals surface area contributed by atoms with E-state index in [-0.39, 0.29) is 0 Å². The lowest BCUT2D eigenvalue weighted by Crippen LogP contribution is -2.39. The average Bonchev–Trinajstić information content (AvgIpc) is 2.60. The first-order valence-electron chi connectivity index (χ1n) is 7.98. The molecule has 24 heavy (non-hydrogen) atoms. The Morgan fingerprint density at radius 3 is 2.38 bits per heavy atom. The van der Waals surface area contributed by atoms with E-state index < -0.39 is 24.5 Å². The van der Waals surface area contributed by atoms with Crippen molar-refractivity contribution in [3.8, 4) is 5.75 Å². The third kappa shape index (κ3) is 7.62. The molecule has 0 unspecified atom stereocenters. The third-order valence-electron chi connectivity index (χ3n) is 3.17. The Balaban J connectivity index is 2.35. The van der Waals surface area contributed by atoms with E-state index in [0.717, 1.165) is 12.8 Å². The highest BCUT2D eigenvalue weighted by Crippen LogP contribution is 2.13. The summed E-state index contributed by atoms with van der Waals surface area (Å²) in [7, 11) is 1.38. The molecule has 7 nitrogen and oxygen atoms in total. The summed E-state index contributed by atoms with van der Waals surface area (Å²) < 4.78 is 10.4. The van der Waals surface area contributed by atoms with Gasteiger partial charge in [-0.2, -0.15) is 0 Å². The first-order chi connectivity index (χ1) is 11.6. The van der Waals surface area contributed by atoms with Crippen molar-refractivity contribution in [2.24, 2.45) is 0 Å². The van der Waals surface area contributed by atoms with Crippen molar-refractivity contribution in [3.63, 3.8) is 0 Å². The molecule has 0 aliphatic carbocycles.